The van der Waals surface area contributed by atoms with E-state index in [0.717, 1.165) is 23.7 Å². The van der Waals surface area contributed by atoms with Gasteiger partial charge in [0.25, 0.3) is 0 Å². The predicted molar refractivity (Wildman–Crippen MR) is 97.9 cm³/mol. The zero-order valence-electron chi connectivity index (χ0n) is 13.5. The van der Waals surface area contributed by atoms with Crippen LogP contribution in [0.4, 0.5) is 0 Å². The number of benzene rings is 1. The minimum absolute atomic E-state index is 0.838. The molecule has 0 aliphatic heterocycles. The Balaban J connectivity index is 1.66. The molecule has 3 aromatic heterocycles. The number of imidazole rings is 1. The van der Waals surface area contributed by atoms with Crippen LogP contribution in [-0.4, -0.2) is 26.3 Å². The smallest absolute Gasteiger partial charge is 0.194 e. The monoisotopic (exact) mass is 334 g/mol. The molecule has 0 atom stereocenters. The maximum Gasteiger partial charge on any atom is 0.194 e. The van der Waals surface area contributed by atoms with Gasteiger partial charge in [-0.25, -0.2) is 4.98 Å². The minimum Gasteiger partial charge on any atom is -0.296 e. The molecule has 0 aliphatic rings. The van der Waals surface area contributed by atoms with E-state index in [2.05, 4.69) is 69.3 Å². The van der Waals surface area contributed by atoms with Crippen molar-refractivity contribution in [1.82, 2.24) is 19.3 Å². The van der Waals surface area contributed by atoms with Crippen LogP contribution in [0.15, 0.2) is 66.4 Å². The number of aromatic nitrogens is 3. The highest BCUT2D eigenvalue weighted by atomic mass is 32.1. The molecule has 0 fully saturated rings. The first kappa shape index (κ1) is 15.1. The van der Waals surface area contributed by atoms with Crippen LogP contribution in [0, 0.1) is 0 Å². The zero-order chi connectivity index (χ0) is 16.4. The Bertz CT molecular complexity index is 928. The van der Waals surface area contributed by atoms with Crippen LogP contribution in [0.1, 0.15) is 11.3 Å². The minimum atomic E-state index is 0.838. The number of rotatable bonds is 5. The number of hydrogen-bond acceptors (Lipinski definition) is 4. The van der Waals surface area contributed by atoms with Gasteiger partial charge in [-0.15, -0.1) is 11.3 Å². The Labute approximate surface area is 145 Å². The van der Waals surface area contributed by atoms with Crippen LogP contribution in [-0.2, 0) is 13.1 Å². The molecule has 0 saturated carbocycles. The molecule has 0 amide bonds. The third-order valence-corrected chi connectivity index (χ3v) is 4.79. The summed E-state index contributed by atoms with van der Waals surface area (Å²) in [6, 6.07) is 14.5. The molecule has 24 heavy (non-hydrogen) atoms. The van der Waals surface area contributed by atoms with Gasteiger partial charge in [0, 0.05) is 42.6 Å². The molecule has 4 nitrogen and oxygen atoms in total. The highest BCUT2D eigenvalue weighted by Gasteiger charge is 2.16. The van der Waals surface area contributed by atoms with Crippen molar-refractivity contribution in [2.45, 2.75) is 13.1 Å². The lowest BCUT2D eigenvalue weighted by molar-refractivity contribution is 0.314. The summed E-state index contributed by atoms with van der Waals surface area (Å²) in [5, 5.41) is 2.09. The number of fused-ring (bicyclic) bond motifs is 1. The van der Waals surface area contributed by atoms with Crippen LogP contribution in [0.25, 0.3) is 16.2 Å². The van der Waals surface area contributed by atoms with Crippen molar-refractivity contribution in [3.63, 3.8) is 0 Å². The Kier molecular flexibility index (Phi) is 4.11. The van der Waals surface area contributed by atoms with Gasteiger partial charge < -0.3 is 0 Å². The largest absolute Gasteiger partial charge is 0.296 e. The molecule has 0 bridgehead atoms. The number of hydrogen-bond donors (Lipinski definition) is 0. The Morgan fingerprint density at radius 2 is 1.83 bits per heavy atom. The lowest BCUT2D eigenvalue weighted by Gasteiger charge is -2.17. The van der Waals surface area contributed by atoms with Gasteiger partial charge in [-0.3, -0.25) is 14.3 Å². The van der Waals surface area contributed by atoms with E-state index in [1.165, 1.54) is 16.8 Å². The van der Waals surface area contributed by atoms with Crippen molar-refractivity contribution in [1.29, 1.82) is 0 Å². The summed E-state index contributed by atoms with van der Waals surface area (Å²) in [4.78, 5) is 12.3. The summed E-state index contributed by atoms with van der Waals surface area (Å²) < 4.78 is 2.20. The Morgan fingerprint density at radius 1 is 1.04 bits per heavy atom. The number of pyridine rings is 1. The Morgan fingerprint density at radius 3 is 2.62 bits per heavy atom. The average Bonchev–Trinajstić information content (AvgIpc) is 3.19. The average molecular weight is 334 g/mol. The van der Waals surface area contributed by atoms with Gasteiger partial charge in [0.2, 0.25) is 0 Å². The molecule has 0 saturated heterocycles. The van der Waals surface area contributed by atoms with Crippen LogP contribution >= 0.6 is 11.3 Å². The summed E-state index contributed by atoms with van der Waals surface area (Å²) in [6.45, 7) is 1.72. The quantitative estimate of drug-likeness (QED) is 0.551. The zero-order valence-corrected chi connectivity index (χ0v) is 14.3. The van der Waals surface area contributed by atoms with Crippen molar-refractivity contribution in [3.8, 4) is 11.3 Å². The SMILES string of the molecule is CN(Cc1ccncc1)Cc1c(-c2ccccc2)nc2sccn12. The summed E-state index contributed by atoms with van der Waals surface area (Å²) in [5.41, 5.74) is 4.73. The topological polar surface area (TPSA) is 33.4 Å². The molecule has 4 rings (SSSR count). The first-order valence-corrected chi connectivity index (χ1v) is 8.76. The second-order valence-electron chi connectivity index (χ2n) is 5.86. The highest BCUT2D eigenvalue weighted by molar-refractivity contribution is 7.15. The Hall–Kier alpha value is -2.50. The van der Waals surface area contributed by atoms with E-state index in [0.29, 0.717) is 0 Å². The van der Waals surface area contributed by atoms with E-state index in [-0.39, 0.29) is 0 Å². The van der Waals surface area contributed by atoms with E-state index >= 15 is 0 Å². The maximum absolute atomic E-state index is 4.85. The van der Waals surface area contributed by atoms with Crippen molar-refractivity contribution >= 4 is 16.3 Å². The van der Waals surface area contributed by atoms with Crippen LogP contribution in [0.2, 0.25) is 0 Å². The van der Waals surface area contributed by atoms with Crippen molar-refractivity contribution < 1.29 is 0 Å². The molecule has 5 heteroatoms. The van der Waals surface area contributed by atoms with Gasteiger partial charge in [-0.05, 0) is 24.7 Å². The van der Waals surface area contributed by atoms with Crippen molar-refractivity contribution in [2.24, 2.45) is 0 Å². The standard InChI is InChI=1S/C19H18N4S/c1-22(13-15-7-9-20-10-8-15)14-17-18(16-5-3-2-4-6-16)21-19-23(17)11-12-24-19/h2-12H,13-14H2,1H3. The molecule has 3 heterocycles. The van der Waals surface area contributed by atoms with E-state index < -0.39 is 0 Å². The van der Waals surface area contributed by atoms with E-state index in [1.54, 1.807) is 11.3 Å². The van der Waals surface area contributed by atoms with Crippen LogP contribution in [0.5, 0.6) is 0 Å². The molecule has 120 valence electrons. The molecule has 0 unspecified atom stereocenters. The third kappa shape index (κ3) is 2.96. The fraction of sp³-hybridized carbons (Fsp3) is 0.158. The second-order valence-corrected chi connectivity index (χ2v) is 6.73. The van der Waals surface area contributed by atoms with E-state index in [4.69, 9.17) is 4.98 Å². The first-order valence-electron chi connectivity index (χ1n) is 7.88. The fourth-order valence-electron chi connectivity index (χ4n) is 2.92. The molecule has 0 spiro atoms. The van der Waals surface area contributed by atoms with Gasteiger partial charge in [-0.1, -0.05) is 30.3 Å². The van der Waals surface area contributed by atoms with Gasteiger partial charge in [0.05, 0.1) is 11.4 Å². The summed E-state index contributed by atoms with van der Waals surface area (Å²) in [7, 11) is 2.14. The molecule has 0 N–H and O–H groups in total. The molecular weight excluding hydrogens is 316 g/mol. The van der Waals surface area contributed by atoms with E-state index in [9.17, 15) is 0 Å². The van der Waals surface area contributed by atoms with Crippen LogP contribution in [0.3, 0.4) is 0 Å². The molecule has 0 radical (unpaired) electrons. The normalized spacial score (nSPS) is 11.4. The fourth-order valence-corrected chi connectivity index (χ4v) is 3.66. The third-order valence-electron chi connectivity index (χ3n) is 4.03. The van der Waals surface area contributed by atoms with Crippen LogP contribution < -0.4 is 0 Å². The number of nitrogens with zero attached hydrogens (tertiary/aromatic N) is 4. The van der Waals surface area contributed by atoms with Gasteiger partial charge in [-0.2, -0.15) is 0 Å². The predicted octanol–water partition coefficient (Wildman–Crippen LogP) is 4.09. The second kappa shape index (κ2) is 6.55. The first-order chi connectivity index (χ1) is 11.8. The molecular formula is C19H18N4S. The highest BCUT2D eigenvalue weighted by Crippen LogP contribution is 2.27. The van der Waals surface area contributed by atoms with Gasteiger partial charge in [0.1, 0.15) is 0 Å². The lowest BCUT2D eigenvalue weighted by Crippen LogP contribution is -2.18. The molecule has 4 aromatic rings. The van der Waals surface area contributed by atoms with Crippen molar-refractivity contribution in [2.75, 3.05) is 7.05 Å². The van der Waals surface area contributed by atoms with Gasteiger partial charge in [0.15, 0.2) is 4.96 Å². The van der Waals surface area contributed by atoms with Gasteiger partial charge >= 0.3 is 0 Å². The summed E-state index contributed by atoms with van der Waals surface area (Å²) >= 11 is 1.67. The van der Waals surface area contributed by atoms with E-state index in [1.807, 2.05) is 18.5 Å². The van der Waals surface area contributed by atoms with Crippen molar-refractivity contribution in [3.05, 3.63) is 77.7 Å². The maximum atomic E-state index is 4.85. The molecule has 0 aliphatic carbocycles. The molecule has 1 aromatic carbocycles. The summed E-state index contributed by atoms with van der Waals surface area (Å²) in [5.74, 6) is 0. The lowest BCUT2D eigenvalue weighted by atomic mass is 10.1. The number of thiazole rings is 1. The summed E-state index contributed by atoms with van der Waals surface area (Å²) in [6.07, 6.45) is 5.79.